The van der Waals surface area contributed by atoms with Crippen molar-refractivity contribution in [3.05, 3.63) is 15.6 Å². The normalized spacial score (nSPS) is 22.6. The summed E-state index contributed by atoms with van der Waals surface area (Å²) in [6.07, 6.45) is 13.2. The molecule has 2 nitrogen and oxygen atoms in total. The van der Waals surface area contributed by atoms with Crippen molar-refractivity contribution in [3.8, 4) is 0 Å². The van der Waals surface area contributed by atoms with Crippen molar-refractivity contribution >= 4 is 11.3 Å². The highest BCUT2D eigenvalue weighted by atomic mass is 32.1. The molecule has 1 aromatic rings. The SMILES string of the molecule is CC(C)NC1(c2nc3c(s2)CCCC3)CCCCCC1. The Labute approximate surface area is 127 Å². The smallest absolute Gasteiger partial charge is 0.113 e. The summed E-state index contributed by atoms with van der Waals surface area (Å²) >= 11 is 2.02. The molecule has 0 aliphatic heterocycles. The van der Waals surface area contributed by atoms with E-state index in [1.807, 2.05) is 11.3 Å². The van der Waals surface area contributed by atoms with Crippen LogP contribution >= 0.6 is 11.3 Å². The zero-order valence-electron chi connectivity index (χ0n) is 13.0. The molecule has 0 spiro atoms. The Kier molecular flexibility index (Phi) is 4.46. The van der Waals surface area contributed by atoms with Gasteiger partial charge in [0.2, 0.25) is 0 Å². The lowest BCUT2D eigenvalue weighted by Crippen LogP contribution is -2.45. The lowest BCUT2D eigenvalue weighted by Gasteiger charge is -2.34. The molecule has 0 radical (unpaired) electrons. The summed E-state index contributed by atoms with van der Waals surface area (Å²) in [5.74, 6) is 0. The van der Waals surface area contributed by atoms with Crippen molar-refractivity contribution in [2.75, 3.05) is 0 Å². The molecule has 0 saturated heterocycles. The van der Waals surface area contributed by atoms with Gasteiger partial charge in [-0.2, -0.15) is 0 Å². The third-order valence-electron chi connectivity index (χ3n) is 4.78. The van der Waals surface area contributed by atoms with Gasteiger partial charge >= 0.3 is 0 Å². The second-order valence-electron chi connectivity index (χ2n) is 6.89. The first-order valence-electron chi connectivity index (χ1n) is 8.46. The van der Waals surface area contributed by atoms with Gasteiger partial charge in [0.05, 0.1) is 11.2 Å². The van der Waals surface area contributed by atoms with E-state index in [-0.39, 0.29) is 5.54 Å². The first-order chi connectivity index (χ1) is 9.70. The van der Waals surface area contributed by atoms with Crippen LogP contribution in [0.5, 0.6) is 0 Å². The van der Waals surface area contributed by atoms with Crippen LogP contribution in [0, 0.1) is 0 Å². The summed E-state index contributed by atoms with van der Waals surface area (Å²) in [5, 5.41) is 5.31. The molecule has 112 valence electrons. The Balaban J connectivity index is 1.93. The summed E-state index contributed by atoms with van der Waals surface area (Å²) < 4.78 is 0. The lowest BCUT2D eigenvalue weighted by molar-refractivity contribution is 0.266. The molecule has 0 bridgehead atoms. The Morgan fingerprint density at radius 2 is 1.70 bits per heavy atom. The number of hydrogen-bond acceptors (Lipinski definition) is 3. The maximum Gasteiger partial charge on any atom is 0.113 e. The molecule has 2 aliphatic rings. The molecule has 0 atom stereocenters. The highest BCUT2D eigenvalue weighted by Crippen LogP contribution is 2.40. The van der Waals surface area contributed by atoms with E-state index in [9.17, 15) is 0 Å². The highest BCUT2D eigenvalue weighted by molar-refractivity contribution is 7.11. The van der Waals surface area contributed by atoms with Crippen LogP contribution in [-0.4, -0.2) is 11.0 Å². The van der Waals surface area contributed by atoms with Gasteiger partial charge in [0.25, 0.3) is 0 Å². The van der Waals surface area contributed by atoms with Gasteiger partial charge in [-0.1, -0.05) is 25.7 Å². The second kappa shape index (κ2) is 6.15. The average molecular weight is 292 g/mol. The van der Waals surface area contributed by atoms with Crippen LogP contribution in [0.25, 0.3) is 0 Å². The van der Waals surface area contributed by atoms with Gasteiger partial charge in [0.1, 0.15) is 5.01 Å². The largest absolute Gasteiger partial charge is 0.303 e. The van der Waals surface area contributed by atoms with E-state index in [2.05, 4.69) is 19.2 Å². The molecular weight excluding hydrogens is 264 g/mol. The van der Waals surface area contributed by atoms with E-state index in [1.165, 1.54) is 74.9 Å². The molecule has 1 N–H and O–H groups in total. The second-order valence-corrected chi connectivity index (χ2v) is 7.97. The molecule has 2 aliphatic carbocycles. The minimum absolute atomic E-state index is 0.173. The number of nitrogens with zero attached hydrogens (tertiary/aromatic N) is 1. The number of hydrogen-bond donors (Lipinski definition) is 1. The van der Waals surface area contributed by atoms with Crippen molar-refractivity contribution in [1.82, 2.24) is 10.3 Å². The van der Waals surface area contributed by atoms with Crippen LogP contribution in [-0.2, 0) is 18.4 Å². The molecular formula is C17H28N2S. The Bertz CT molecular complexity index is 418. The van der Waals surface area contributed by atoms with Gasteiger partial charge < -0.3 is 5.32 Å². The van der Waals surface area contributed by atoms with Crippen LogP contribution in [0.3, 0.4) is 0 Å². The van der Waals surface area contributed by atoms with E-state index < -0.39 is 0 Å². The van der Waals surface area contributed by atoms with E-state index >= 15 is 0 Å². The minimum Gasteiger partial charge on any atom is -0.303 e. The zero-order chi connectivity index (χ0) is 14.0. The van der Waals surface area contributed by atoms with Gasteiger partial charge in [-0.05, 0) is 52.4 Å². The Morgan fingerprint density at radius 3 is 2.35 bits per heavy atom. The summed E-state index contributed by atoms with van der Waals surface area (Å²) in [6, 6.07) is 0.536. The number of aromatic nitrogens is 1. The maximum absolute atomic E-state index is 5.10. The Morgan fingerprint density at radius 1 is 1.00 bits per heavy atom. The number of aryl methyl sites for hydroxylation is 2. The molecule has 1 aromatic heterocycles. The number of rotatable bonds is 3. The molecule has 0 aromatic carbocycles. The van der Waals surface area contributed by atoms with Crippen molar-refractivity contribution in [2.45, 2.75) is 89.6 Å². The summed E-state index contributed by atoms with van der Waals surface area (Å²) in [5.41, 5.74) is 1.59. The van der Waals surface area contributed by atoms with E-state index in [0.29, 0.717) is 6.04 Å². The average Bonchev–Trinajstić information content (AvgIpc) is 2.73. The molecule has 1 saturated carbocycles. The summed E-state index contributed by atoms with van der Waals surface area (Å²) in [7, 11) is 0. The molecule has 0 amide bonds. The number of thiazole rings is 1. The molecule has 0 unspecified atom stereocenters. The van der Waals surface area contributed by atoms with E-state index in [0.717, 1.165) is 0 Å². The third-order valence-corrected chi connectivity index (χ3v) is 6.14. The first-order valence-corrected chi connectivity index (χ1v) is 9.28. The fraction of sp³-hybridized carbons (Fsp3) is 0.824. The molecule has 20 heavy (non-hydrogen) atoms. The summed E-state index contributed by atoms with van der Waals surface area (Å²) in [6.45, 7) is 4.56. The zero-order valence-corrected chi connectivity index (χ0v) is 13.8. The van der Waals surface area contributed by atoms with Crippen LogP contribution < -0.4 is 5.32 Å². The summed E-state index contributed by atoms with van der Waals surface area (Å²) in [4.78, 5) is 6.68. The monoisotopic (exact) mass is 292 g/mol. The van der Waals surface area contributed by atoms with Crippen molar-refractivity contribution in [3.63, 3.8) is 0 Å². The highest BCUT2D eigenvalue weighted by Gasteiger charge is 2.37. The molecule has 1 heterocycles. The fourth-order valence-electron chi connectivity index (χ4n) is 3.86. The van der Waals surface area contributed by atoms with Gasteiger partial charge in [-0.25, -0.2) is 4.98 Å². The van der Waals surface area contributed by atoms with Crippen molar-refractivity contribution in [2.24, 2.45) is 0 Å². The van der Waals surface area contributed by atoms with Crippen molar-refractivity contribution < 1.29 is 0 Å². The Hall–Kier alpha value is -0.410. The minimum atomic E-state index is 0.173. The van der Waals surface area contributed by atoms with Crippen molar-refractivity contribution in [1.29, 1.82) is 0 Å². The van der Waals surface area contributed by atoms with Crippen LogP contribution in [0.2, 0.25) is 0 Å². The number of nitrogens with one attached hydrogen (secondary N) is 1. The van der Waals surface area contributed by atoms with Gasteiger partial charge in [-0.15, -0.1) is 11.3 Å². The molecule has 3 rings (SSSR count). The maximum atomic E-state index is 5.10. The van der Waals surface area contributed by atoms with Crippen LogP contribution in [0.15, 0.2) is 0 Å². The quantitative estimate of drug-likeness (QED) is 0.826. The molecule has 3 heteroatoms. The van der Waals surface area contributed by atoms with Gasteiger partial charge in [0, 0.05) is 10.9 Å². The lowest BCUT2D eigenvalue weighted by atomic mass is 9.90. The molecule has 1 fully saturated rings. The van der Waals surface area contributed by atoms with Gasteiger partial charge in [-0.3, -0.25) is 0 Å². The predicted octanol–water partition coefficient (Wildman–Crippen LogP) is 4.57. The first kappa shape index (κ1) is 14.5. The van der Waals surface area contributed by atoms with Gasteiger partial charge in [0.15, 0.2) is 0 Å². The van der Waals surface area contributed by atoms with Crippen LogP contribution in [0.1, 0.15) is 80.8 Å². The van der Waals surface area contributed by atoms with E-state index in [1.54, 1.807) is 4.88 Å². The topological polar surface area (TPSA) is 24.9 Å². The fourth-order valence-corrected chi connectivity index (χ4v) is 5.22. The standard InChI is InChI=1S/C17H28N2S/c1-13(2)19-17(11-7-3-4-8-12-17)16-18-14-9-5-6-10-15(14)20-16/h13,19H,3-12H2,1-2H3. The third kappa shape index (κ3) is 2.94. The number of fused-ring (bicyclic) bond motifs is 1. The van der Waals surface area contributed by atoms with E-state index in [4.69, 9.17) is 4.98 Å². The van der Waals surface area contributed by atoms with Crippen LogP contribution in [0.4, 0.5) is 0 Å². The predicted molar refractivity (Wildman–Crippen MR) is 86.4 cm³/mol.